The van der Waals surface area contributed by atoms with Crippen LogP contribution < -0.4 is 4.72 Å². The molecule has 0 aliphatic rings. The first-order valence-corrected chi connectivity index (χ1v) is 6.66. The van der Waals surface area contributed by atoms with Crippen LogP contribution in [0.3, 0.4) is 0 Å². The number of methoxy groups -OCH3 is 1. The van der Waals surface area contributed by atoms with Gasteiger partial charge < -0.3 is 4.74 Å². The lowest BCUT2D eigenvalue weighted by atomic mass is 10.4. The number of sulfonamides is 1. The molecule has 0 aliphatic carbocycles. The van der Waals surface area contributed by atoms with Crippen LogP contribution in [-0.4, -0.2) is 28.7 Å². The van der Waals surface area contributed by atoms with Crippen molar-refractivity contribution in [3.63, 3.8) is 0 Å². The summed E-state index contributed by atoms with van der Waals surface area (Å²) in [4.78, 5) is 0.217. The number of benzene rings is 1. The van der Waals surface area contributed by atoms with Crippen molar-refractivity contribution in [2.45, 2.75) is 11.3 Å². The van der Waals surface area contributed by atoms with Crippen molar-refractivity contribution in [1.82, 2.24) is 4.72 Å². The maximum Gasteiger partial charge on any atom is 0.240 e. The Hall–Kier alpha value is -0.620. The molecule has 0 amide bonds. The Kier molecular flexibility index (Phi) is 5.21. The minimum absolute atomic E-state index is 0.217. The summed E-state index contributed by atoms with van der Waals surface area (Å²) >= 11 is 5.68. The Bertz CT molecular complexity index is 416. The van der Waals surface area contributed by atoms with Crippen molar-refractivity contribution in [2.75, 3.05) is 20.3 Å². The molecule has 0 unspecified atom stereocenters. The van der Waals surface area contributed by atoms with Crippen molar-refractivity contribution < 1.29 is 13.2 Å². The normalized spacial score (nSPS) is 11.6. The van der Waals surface area contributed by atoms with Gasteiger partial charge in [-0.2, -0.15) is 0 Å². The van der Waals surface area contributed by atoms with E-state index in [0.29, 0.717) is 24.6 Å². The Morgan fingerprint density at radius 2 is 1.94 bits per heavy atom. The molecule has 1 aromatic carbocycles. The van der Waals surface area contributed by atoms with Crippen LogP contribution in [0.15, 0.2) is 29.2 Å². The average Bonchev–Trinajstić information content (AvgIpc) is 2.25. The summed E-state index contributed by atoms with van der Waals surface area (Å²) in [5, 5.41) is 0.512. The van der Waals surface area contributed by atoms with E-state index in [4.69, 9.17) is 16.3 Å². The van der Waals surface area contributed by atoms with E-state index < -0.39 is 10.0 Å². The second-order valence-electron chi connectivity index (χ2n) is 3.20. The highest BCUT2D eigenvalue weighted by Crippen LogP contribution is 2.13. The van der Waals surface area contributed by atoms with Crippen molar-refractivity contribution in [1.29, 1.82) is 0 Å². The van der Waals surface area contributed by atoms with Crippen LogP contribution in [0, 0.1) is 0 Å². The molecule has 0 spiro atoms. The molecule has 4 nitrogen and oxygen atoms in total. The first-order chi connectivity index (χ1) is 7.56. The summed E-state index contributed by atoms with van der Waals surface area (Å²) in [6.07, 6.45) is 0.642. The van der Waals surface area contributed by atoms with Crippen molar-refractivity contribution in [3.8, 4) is 0 Å². The molecule has 1 N–H and O–H groups in total. The van der Waals surface area contributed by atoms with E-state index >= 15 is 0 Å². The molecule has 90 valence electrons. The lowest BCUT2D eigenvalue weighted by molar-refractivity contribution is 0.196. The van der Waals surface area contributed by atoms with Gasteiger partial charge in [-0.05, 0) is 30.7 Å². The molecule has 6 heteroatoms. The minimum atomic E-state index is -3.42. The second kappa shape index (κ2) is 6.20. The molecule has 0 bridgehead atoms. The maximum atomic E-state index is 11.7. The van der Waals surface area contributed by atoms with Gasteiger partial charge in [0.15, 0.2) is 0 Å². The van der Waals surface area contributed by atoms with Crippen molar-refractivity contribution in [3.05, 3.63) is 29.3 Å². The molecule has 1 aromatic rings. The summed E-state index contributed by atoms with van der Waals surface area (Å²) in [5.41, 5.74) is 0. The van der Waals surface area contributed by atoms with Gasteiger partial charge in [-0.15, -0.1) is 0 Å². The zero-order chi connectivity index (χ0) is 12.0. The first kappa shape index (κ1) is 13.4. The van der Waals surface area contributed by atoms with Crippen LogP contribution in [-0.2, 0) is 14.8 Å². The molecule has 0 aliphatic heterocycles. The summed E-state index contributed by atoms with van der Waals surface area (Å²) in [6, 6.07) is 6.04. The number of halogens is 1. The third kappa shape index (κ3) is 4.09. The summed E-state index contributed by atoms with van der Waals surface area (Å²) in [7, 11) is -1.84. The highest BCUT2D eigenvalue weighted by Gasteiger charge is 2.12. The van der Waals surface area contributed by atoms with E-state index in [0.717, 1.165) is 0 Å². The van der Waals surface area contributed by atoms with Gasteiger partial charge in [-0.3, -0.25) is 0 Å². The fourth-order valence-electron chi connectivity index (χ4n) is 1.12. The minimum Gasteiger partial charge on any atom is -0.385 e. The topological polar surface area (TPSA) is 55.4 Å². The molecular weight excluding hydrogens is 250 g/mol. The van der Waals surface area contributed by atoms with Crippen LogP contribution in [0.4, 0.5) is 0 Å². The average molecular weight is 264 g/mol. The Morgan fingerprint density at radius 1 is 1.31 bits per heavy atom. The van der Waals surface area contributed by atoms with Crippen LogP contribution in [0.25, 0.3) is 0 Å². The van der Waals surface area contributed by atoms with E-state index in [9.17, 15) is 8.42 Å². The highest BCUT2D eigenvalue weighted by molar-refractivity contribution is 7.89. The Morgan fingerprint density at radius 3 is 2.50 bits per heavy atom. The van der Waals surface area contributed by atoms with E-state index in [1.807, 2.05) is 0 Å². The molecule has 16 heavy (non-hydrogen) atoms. The van der Waals surface area contributed by atoms with Gasteiger partial charge in [0.25, 0.3) is 0 Å². The summed E-state index contributed by atoms with van der Waals surface area (Å²) in [5.74, 6) is 0. The van der Waals surface area contributed by atoms with E-state index in [2.05, 4.69) is 4.72 Å². The predicted octanol–water partition coefficient (Wildman–Crippen LogP) is 1.65. The number of rotatable bonds is 6. The predicted molar refractivity (Wildman–Crippen MR) is 63.1 cm³/mol. The number of nitrogens with one attached hydrogen (secondary N) is 1. The third-order valence-corrected chi connectivity index (χ3v) is 3.67. The van der Waals surface area contributed by atoms with E-state index in [-0.39, 0.29) is 4.90 Å². The van der Waals surface area contributed by atoms with Gasteiger partial charge in [0.2, 0.25) is 10.0 Å². The molecule has 0 saturated carbocycles. The zero-order valence-corrected chi connectivity index (χ0v) is 10.5. The molecule has 0 aromatic heterocycles. The molecule has 0 atom stereocenters. The van der Waals surface area contributed by atoms with Gasteiger partial charge in [0, 0.05) is 25.3 Å². The van der Waals surface area contributed by atoms with Gasteiger partial charge in [0.05, 0.1) is 4.90 Å². The molecular formula is C10H14ClNO3S. The number of hydrogen-bond acceptors (Lipinski definition) is 3. The van der Waals surface area contributed by atoms with Crippen LogP contribution in [0.5, 0.6) is 0 Å². The standard InChI is InChI=1S/C10H14ClNO3S/c1-15-8-2-7-12-16(13,14)10-5-3-9(11)4-6-10/h3-6,12H,2,7-8H2,1H3. The van der Waals surface area contributed by atoms with Gasteiger partial charge >= 0.3 is 0 Å². The quantitative estimate of drug-likeness (QED) is 0.794. The summed E-state index contributed by atoms with van der Waals surface area (Å²) < 4.78 is 30.7. The molecule has 0 radical (unpaired) electrons. The fourth-order valence-corrected chi connectivity index (χ4v) is 2.32. The van der Waals surface area contributed by atoms with Crippen LogP contribution in [0.1, 0.15) is 6.42 Å². The lowest BCUT2D eigenvalue weighted by Gasteiger charge is -2.06. The SMILES string of the molecule is COCCCNS(=O)(=O)c1ccc(Cl)cc1. The second-order valence-corrected chi connectivity index (χ2v) is 5.40. The molecule has 0 saturated heterocycles. The van der Waals surface area contributed by atoms with Gasteiger partial charge in [0.1, 0.15) is 0 Å². The monoisotopic (exact) mass is 263 g/mol. The van der Waals surface area contributed by atoms with Crippen LogP contribution >= 0.6 is 11.6 Å². The van der Waals surface area contributed by atoms with E-state index in [1.165, 1.54) is 12.1 Å². The van der Waals surface area contributed by atoms with Crippen LogP contribution in [0.2, 0.25) is 5.02 Å². The number of ether oxygens (including phenoxy) is 1. The lowest BCUT2D eigenvalue weighted by Crippen LogP contribution is -2.25. The fraction of sp³-hybridized carbons (Fsp3) is 0.400. The van der Waals surface area contributed by atoms with Gasteiger partial charge in [-0.25, -0.2) is 13.1 Å². The van der Waals surface area contributed by atoms with Crippen molar-refractivity contribution >= 4 is 21.6 Å². The molecule has 0 fully saturated rings. The smallest absolute Gasteiger partial charge is 0.240 e. The third-order valence-electron chi connectivity index (χ3n) is 1.94. The Labute approximate surface area is 101 Å². The first-order valence-electron chi connectivity index (χ1n) is 4.80. The summed E-state index contributed by atoms with van der Waals surface area (Å²) in [6.45, 7) is 0.891. The highest BCUT2D eigenvalue weighted by atomic mass is 35.5. The number of hydrogen-bond donors (Lipinski definition) is 1. The Balaban J connectivity index is 2.60. The van der Waals surface area contributed by atoms with E-state index in [1.54, 1.807) is 19.2 Å². The zero-order valence-electron chi connectivity index (χ0n) is 8.94. The molecule has 1 rings (SSSR count). The molecule has 0 heterocycles. The largest absolute Gasteiger partial charge is 0.385 e. The van der Waals surface area contributed by atoms with Gasteiger partial charge in [-0.1, -0.05) is 11.6 Å². The van der Waals surface area contributed by atoms with Crippen molar-refractivity contribution in [2.24, 2.45) is 0 Å². The maximum absolute atomic E-state index is 11.7.